The SMILES string of the molecule is CCOP(=O)(OCC)N(C)C(C)C(O)c1ccccc1. The predicted molar refractivity (Wildman–Crippen MR) is 79.5 cm³/mol. The molecular weight excluding hydrogens is 277 g/mol. The van der Waals surface area contributed by atoms with Crippen molar-refractivity contribution in [1.29, 1.82) is 0 Å². The highest BCUT2D eigenvalue weighted by Crippen LogP contribution is 2.53. The Hall–Kier alpha value is -0.710. The maximum Gasteiger partial charge on any atom is 0.408 e. The van der Waals surface area contributed by atoms with Crippen LogP contribution in [0, 0.1) is 0 Å². The summed E-state index contributed by atoms with van der Waals surface area (Å²) in [6, 6.07) is 8.87. The summed E-state index contributed by atoms with van der Waals surface area (Å²) in [5.41, 5.74) is 0.770. The highest BCUT2D eigenvalue weighted by molar-refractivity contribution is 7.51. The monoisotopic (exact) mass is 301 g/mol. The second-order valence-electron chi connectivity index (χ2n) is 4.47. The smallest absolute Gasteiger partial charge is 0.387 e. The van der Waals surface area contributed by atoms with Gasteiger partial charge in [0.1, 0.15) is 0 Å². The van der Waals surface area contributed by atoms with Crippen molar-refractivity contribution in [3.05, 3.63) is 35.9 Å². The Labute approximate surface area is 121 Å². The summed E-state index contributed by atoms with van der Waals surface area (Å²) in [6.07, 6.45) is -0.768. The molecule has 0 fully saturated rings. The Morgan fingerprint density at radius 3 is 2.15 bits per heavy atom. The average Bonchev–Trinajstić information content (AvgIpc) is 2.46. The van der Waals surface area contributed by atoms with Gasteiger partial charge in [-0.2, -0.15) is 0 Å². The van der Waals surface area contributed by atoms with E-state index in [1.165, 1.54) is 4.67 Å². The Bertz CT molecular complexity index is 430. The van der Waals surface area contributed by atoms with E-state index in [0.717, 1.165) is 5.56 Å². The van der Waals surface area contributed by atoms with Gasteiger partial charge in [0, 0.05) is 6.04 Å². The molecular formula is C14H24NO4P. The molecule has 0 aliphatic carbocycles. The summed E-state index contributed by atoms with van der Waals surface area (Å²) >= 11 is 0. The molecule has 0 amide bonds. The molecule has 2 atom stereocenters. The zero-order valence-electron chi connectivity index (χ0n) is 12.5. The van der Waals surface area contributed by atoms with Gasteiger partial charge in [-0.05, 0) is 33.4 Å². The van der Waals surface area contributed by atoms with E-state index in [-0.39, 0.29) is 13.2 Å². The Kier molecular flexibility index (Phi) is 6.86. The van der Waals surface area contributed by atoms with E-state index in [9.17, 15) is 9.67 Å². The van der Waals surface area contributed by atoms with E-state index in [1.807, 2.05) is 30.3 Å². The molecule has 114 valence electrons. The van der Waals surface area contributed by atoms with Gasteiger partial charge in [0.2, 0.25) is 0 Å². The molecule has 5 nitrogen and oxygen atoms in total. The fourth-order valence-corrected chi connectivity index (χ4v) is 3.57. The summed E-state index contributed by atoms with van der Waals surface area (Å²) in [4.78, 5) is 0. The van der Waals surface area contributed by atoms with Crippen LogP contribution in [-0.4, -0.2) is 36.1 Å². The zero-order valence-corrected chi connectivity index (χ0v) is 13.4. The highest BCUT2D eigenvalue weighted by Gasteiger charge is 2.36. The van der Waals surface area contributed by atoms with Crippen molar-refractivity contribution >= 4 is 7.75 Å². The maximum absolute atomic E-state index is 12.7. The predicted octanol–water partition coefficient (Wildman–Crippen LogP) is 3.22. The van der Waals surface area contributed by atoms with Crippen LogP contribution >= 0.6 is 7.75 Å². The number of aliphatic hydroxyl groups is 1. The summed E-state index contributed by atoms with van der Waals surface area (Å²) in [5, 5.41) is 10.4. The first-order valence-electron chi connectivity index (χ1n) is 6.81. The zero-order chi connectivity index (χ0) is 15.2. The summed E-state index contributed by atoms with van der Waals surface area (Å²) < 4.78 is 24.7. The molecule has 0 saturated carbocycles. The second-order valence-corrected chi connectivity index (χ2v) is 6.56. The van der Waals surface area contributed by atoms with Gasteiger partial charge in [-0.25, -0.2) is 9.24 Å². The van der Waals surface area contributed by atoms with Gasteiger partial charge >= 0.3 is 7.75 Å². The molecule has 0 spiro atoms. The summed E-state index contributed by atoms with van der Waals surface area (Å²) in [7, 11) is -1.73. The molecule has 1 rings (SSSR count). The maximum atomic E-state index is 12.7. The average molecular weight is 301 g/mol. The van der Waals surface area contributed by atoms with E-state index in [2.05, 4.69) is 0 Å². The van der Waals surface area contributed by atoms with Crippen molar-refractivity contribution in [1.82, 2.24) is 4.67 Å². The van der Waals surface area contributed by atoms with Crippen LogP contribution in [0.4, 0.5) is 0 Å². The first-order valence-corrected chi connectivity index (χ1v) is 8.31. The Balaban J connectivity index is 2.88. The van der Waals surface area contributed by atoms with Gasteiger partial charge in [0.05, 0.1) is 19.3 Å². The minimum Gasteiger partial charge on any atom is -0.387 e. The second kappa shape index (κ2) is 7.91. The van der Waals surface area contributed by atoms with Gasteiger partial charge in [-0.15, -0.1) is 0 Å². The van der Waals surface area contributed by atoms with Crippen LogP contribution < -0.4 is 0 Å². The summed E-state index contributed by atoms with van der Waals surface area (Å²) in [6.45, 7) is 5.89. The molecule has 0 saturated heterocycles. The van der Waals surface area contributed by atoms with E-state index in [4.69, 9.17) is 9.05 Å². The lowest BCUT2D eigenvalue weighted by molar-refractivity contribution is 0.0810. The van der Waals surface area contributed by atoms with Crippen LogP contribution in [0.5, 0.6) is 0 Å². The van der Waals surface area contributed by atoms with Gasteiger partial charge in [-0.1, -0.05) is 30.3 Å². The number of rotatable bonds is 8. The van der Waals surface area contributed by atoms with Gasteiger partial charge < -0.3 is 5.11 Å². The molecule has 2 unspecified atom stereocenters. The Morgan fingerprint density at radius 2 is 1.70 bits per heavy atom. The van der Waals surface area contributed by atoms with E-state index < -0.39 is 19.9 Å². The van der Waals surface area contributed by atoms with Gasteiger partial charge in [-0.3, -0.25) is 9.05 Å². The third kappa shape index (κ3) is 4.14. The van der Waals surface area contributed by atoms with Crippen molar-refractivity contribution in [2.75, 3.05) is 20.3 Å². The molecule has 1 N–H and O–H groups in total. The molecule has 1 aromatic rings. The van der Waals surface area contributed by atoms with Crippen molar-refractivity contribution in [3.8, 4) is 0 Å². The lowest BCUT2D eigenvalue weighted by atomic mass is 10.0. The topological polar surface area (TPSA) is 59.0 Å². The molecule has 0 aromatic heterocycles. The fraction of sp³-hybridized carbons (Fsp3) is 0.571. The normalized spacial score (nSPS) is 15.3. The Morgan fingerprint density at radius 1 is 1.20 bits per heavy atom. The quantitative estimate of drug-likeness (QED) is 0.747. The first kappa shape index (κ1) is 17.3. The first-order chi connectivity index (χ1) is 9.46. The van der Waals surface area contributed by atoms with Crippen molar-refractivity contribution in [2.45, 2.75) is 32.9 Å². The molecule has 1 aromatic carbocycles. The number of aliphatic hydroxyl groups excluding tert-OH is 1. The van der Waals surface area contributed by atoms with Crippen LogP contribution in [0.25, 0.3) is 0 Å². The van der Waals surface area contributed by atoms with Crippen LogP contribution in [0.2, 0.25) is 0 Å². The minimum absolute atomic E-state index is 0.287. The molecule has 6 heteroatoms. The number of hydrogen-bond donors (Lipinski definition) is 1. The van der Waals surface area contributed by atoms with Crippen LogP contribution in [0.3, 0.4) is 0 Å². The third-order valence-electron chi connectivity index (χ3n) is 3.16. The number of benzene rings is 1. The van der Waals surface area contributed by atoms with Crippen molar-refractivity contribution in [3.63, 3.8) is 0 Å². The number of hydrogen-bond acceptors (Lipinski definition) is 4. The standard InChI is InChI=1S/C14H24NO4P/c1-5-18-20(17,19-6-2)15(4)12(3)14(16)13-10-8-7-9-11-13/h7-12,14,16H,5-6H2,1-4H3. The molecule has 0 aliphatic rings. The fourth-order valence-electron chi connectivity index (χ4n) is 1.90. The third-order valence-corrected chi connectivity index (χ3v) is 5.46. The lowest BCUT2D eigenvalue weighted by Gasteiger charge is -2.33. The van der Waals surface area contributed by atoms with Gasteiger partial charge in [0.25, 0.3) is 0 Å². The highest BCUT2D eigenvalue weighted by atomic mass is 31.2. The number of nitrogens with zero attached hydrogens (tertiary/aromatic N) is 1. The molecule has 0 bridgehead atoms. The van der Waals surface area contributed by atoms with Gasteiger partial charge in [0.15, 0.2) is 0 Å². The van der Waals surface area contributed by atoms with Crippen molar-refractivity contribution in [2.24, 2.45) is 0 Å². The van der Waals surface area contributed by atoms with E-state index >= 15 is 0 Å². The van der Waals surface area contributed by atoms with Crippen LogP contribution in [0.1, 0.15) is 32.4 Å². The number of likely N-dealkylation sites (N-methyl/N-ethyl adjacent to an activating group) is 1. The lowest BCUT2D eigenvalue weighted by Crippen LogP contribution is -2.33. The summed E-state index contributed by atoms with van der Waals surface area (Å²) in [5.74, 6) is 0. The molecule has 20 heavy (non-hydrogen) atoms. The largest absolute Gasteiger partial charge is 0.408 e. The van der Waals surface area contributed by atoms with E-state index in [0.29, 0.717) is 0 Å². The molecule has 0 heterocycles. The van der Waals surface area contributed by atoms with E-state index in [1.54, 1.807) is 27.8 Å². The molecule has 0 radical (unpaired) electrons. The van der Waals surface area contributed by atoms with Crippen LogP contribution in [-0.2, 0) is 13.6 Å². The van der Waals surface area contributed by atoms with Crippen molar-refractivity contribution < 1.29 is 18.7 Å². The molecule has 0 aliphatic heterocycles. The van der Waals surface area contributed by atoms with Crippen LogP contribution in [0.15, 0.2) is 30.3 Å². The minimum atomic E-state index is -3.37.